The minimum Gasteiger partial charge on any atom is -0.481 e. The SMILES string of the molecule is CC(C)(C)N(CCC(=O)O)C(=O)CCc1cccc(Br)c1. The number of aryl methyl sites for hydroxylation is 1. The number of nitrogens with zero attached hydrogens (tertiary/aromatic N) is 1. The molecule has 0 unspecified atom stereocenters. The van der Waals surface area contributed by atoms with Crippen LogP contribution >= 0.6 is 15.9 Å². The van der Waals surface area contributed by atoms with Crippen molar-refractivity contribution in [3.63, 3.8) is 0 Å². The first kappa shape index (κ1) is 17.7. The number of amides is 1. The quantitative estimate of drug-likeness (QED) is 0.849. The zero-order valence-electron chi connectivity index (χ0n) is 12.7. The van der Waals surface area contributed by atoms with E-state index < -0.39 is 5.97 Å². The van der Waals surface area contributed by atoms with Gasteiger partial charge in [-0.3, -0.25) is 9.59 Å². The number of rotatable bonds is 6. The van der Waals surface area contributed by atoms with Crippen LogP contribution in [0.5, 0.6) is 0 Å². The van der Waals surface area contributed by atoms with Crippen LogP contribution in [-0.2, 0) is 16.0 Å². The Kier molecular flexibility index (Phi) is 6.40. The summed E-state index contributed by atoms with van der Waals surface area (Å²) in [5, 5.41) is 8.81. The molecule has 0 saturated heterocycles. The second-order valence-corrected chi connectivity index (χ2v) is 6.91. The number of aliphatic carboxylic acids is 1. The number of carbonyl (C=O) groups excluding carboxylic acids is 1. The lowest BCUT2D eigenvalue weighted by Crippen LogP contribution is -2.46. The van der Waals surface area contributed by atoms with Crippen molar-refractivity contribution in [1.29, 1.82) is 0 Å². The summed E-state index contributed by atoms with van der Waals surface area (Å²) in [5.41, 5.74) is 0.717. The molecule has 116 valence electrons. The molecule has 0 aliphatic rings. The third-order valence-electron chi connectivity index (χ3n) is 3.18. The molecular formula is C16H22BrNO3. The Bertz CT molecular complexity index is 508. The van der Waals surface area contributed by atoms with Crippen molar-refractivity contribution in [2.24, 2.45) is 0 Å². The Morgan fingerprint density at radius 1 is 1.24 bits per heavy atom. The number of benzene rings is 1. The fourth-order valence-corrected chi connectivity index (χ4v) is 2.57. The summed E-state index contributed by atoms with van der Waals surface area (Å²) in [6.07, 6.45) is 1.01. The molecule has 5 heteroatoms. The average molecular weight is 356 g/mol. The van der Waals surface area contributed by atoms with Gasteiger partial charge in [0.2, 0.25) is 5.91 Å². The molecule has 1 amide bonds. The fraction of sp³-hybridized carbons (Fsp3) is 0.500. The lowest BCUT2D eigenvalue weighted by Gasteiger charge is -2.35. The highest BCUT2D eigenvalue weighted by molar-refractivity contribution is 9.10. The number of carboxylic acids is 1. The minimum absolute atomic E-state index is 0.0104. The molecule has 0 aromatic heterocycles. The first-order valence-corrected chi connectivity index (χ1v) is 7.76. The Morgan fingerprint density at radius 3 is 2.43 bits per heavy atom. The van der Waals surface area contributed by atoms with E-state index in [1.165, 1.54) is 0 Å². The molecule has 0 atom stereocenters. The van der Waals surface area contributed by atoms with Gasteiger partial charge in [0.25, 0.3) is 0 Å². The van der Waals surface area contributed by atoms with Crippen LogP contribution in [0.2, 0.25) is 0 Å². The number of hydrogen-bond acceptors (Lipinski definition) is 2. The molecule has 1 aromatic carbocycles. The van der Waals surface area contributed by atoms with Crippen LogP contribution < -0.4 is 0 Å². The molecule has 1 rings (SSSR count). The maximum absolute atomic E-state index is 12.4. The lowest BCUT2D eigenvalue weighted by molar-refractivity contribution is -0.140. The molecule has 1 aromatic rings. The van der Waals surface area contributed by atoms with Gasteiger partial charge in [-0.15, -0.1) is 0 Å². The molecule has 0 spiro atoms. The maximum atomic E-state index is 12.4. The van der Waals surface area contributed by atoms with Crippen molar-refractivity contribution in [2.45, 2.75) is 45.6 Å². The highest BCUT2D eigenvalue weighted by atomic mass is 79.9. The number of halogens is 1. The van der Waals surface area contributed by atoms with Crippen molar-refractivity contribution in [2.75, 3.05) is 6.54 Å². The molecule has 0 bridgehead atoms. The molecule has 0 heterocycles. The van der Waals surface area contributed by atoms with E-state index >= 15 is 0 Å². The number of hydrogen-bond donors (Lipinski definition) is 1. The summed E-state index contributed by atoms with van der Waals surface area (Å²) in [4.78, 5) is 24.8. The van der Waals surface area contributed by atoms with E-state index in [2.05, 4.69) is 15.9 Å². The zero-order valence-corrected chi connectivity index (χ0v) is 14.3. The minimum atomic E-state index is -0.885. The highest BCUT2D eigenvalue weighted by Gasteiger charge is 2.26. The van der Waals surface area contributed by atoms with Gasteiger partial charge in [-0.2, -0.15) is 0 Å². The Hall–Kier alpha value is -1.36. The van der Waals surface area contributed by atoms with Crippen molar-refractivity contribution >= 4 is 27.8 Å². The Balaban J connectivity index is 2.66. The van der Waals surface area contributed by atoms with E-state index in [0.717, 1.165) is 10.0 Å². The molecule has 0 aliphatic carbocycles. The smallest absolute Gasteiger partial charge is 0.305 e. The molecule has 4 nitrogen and oxygen atoms in total. The van der Waals surface area contributed by atoms with E-state index in [4.69, 9.17) is 5.11 Å². The van der Waals surface area contributed by atoms with Gasteiger partial charge in [0, 0.05) is 23.0 Å². The second-order valence-electron chi connectivity index (χ2n) is 5.99. The van der Waals surface area contributed by atoms with Crippen molar-refractivity contribution in [3.05, 3.63) is 34.3 Å². The highest BCUT2D eigenvalue weighted by Crippen LogP contribution is 2.18. The monoisotopic (exact) mass is 355 g/mol. The van der Waals surface area contributed by atoms with Gasteiger partial charge in [-0.1, -0.05) is 28.1 Å². The molecule has 21 heavy (non-hydrogen) atoms. The molecule has 1 N–H and O–H groups in total. The van der Waals surface area contributed by atoms with Crippen LogP contribution in [0.3, 0.4) is 0 Å². The average Bonchev–Trinajstić information content (AvgIpc) is 2.34. The van der Waals surface area contributed by atoms with Gasteiger partial charge >= 0.3 is 5.97 Å². The summed E-state index contributed by atoms with van der Waals surface area (Å²) in [6.45, 7) is 6.01. The van der Waals surface area contributed by atoms with Gasteiger partial charge < -0.3 is 10.0 Å². The first-order valence-electron chi connectivity index (χ1n) is 6.97. The van der Waals surface area contributed by atoms with Crippen LogP contribution in [-0.4, -0.2) is 34.0 Å². The summed E-state index contributed by atoms with van der Waals surface area (Å²) in [7, 11) is 0. The largest absolute Gasteiger partial charge is 0.481 e. The topological polar surface area (TPSA) is 57.6 Å². The summed E-state index contributed by atoms with van der Waals surface area (Å²) >= 11 is 3.41. The van der Waals surface area contributed by atoms with Crippen molar-refractivity contribution < 1.29 is 14.7 Å². The Labute approximate surface area is 134 Å². The summed E-state index contributed by atoms with van der Waals surface area (Å²) in [5.74, 6) is -0.896. The van der Waals surface area contributed by atoms with Crippen LogP contribution in [0.1, 0.15) is 39.2 Å². The molecule has 0 saturated carbocycles. The van der Waals surface area contributed by atoms with Gasteiger partial charge in [0.15, 0.2) is 0 Å². The van der Waals surface area contributed by atoms with Gasteiger partial charge in [0.1, 0.15) is 0 Å². The number of carboxylic acid groups (broad SMARTS) is 1. The third-order valence-corrected chi connectivity index (χ3v) is 3.67. The van der Waals surface area contributed by atoms with Crippen LogP contribution in [0.4, 0.5) is 0 Å². The standard InChI is InChI=1S/C16H22BrNO3/c1-16(2,3)18(10-9-15(20)21)14(19)8-7-12-5-4-6-13(17)11-12/h4-6,11H,7-10H2,1-3H3,(H,20,21). The predicted molar refractivity (Wildman–Crippen MR) is 86.2 cm³/mol. The molecule has 0 aliphatic heterocycles. The van der Waals surface area contributed by atoms with Gasteiger partial charge in [0.05, 0.1) is 6.42 Å². The van der Waals surface area contributed by atoms with E-state index in [-0.39, 0.29) is 24.4 Å². The van der Waals surface area contributed by atoms with E-state index in [1.54, 1.807) is 4.90 Å². The maximum Gasteiger partial charge on any atom is 0.305 e. The van der Waals surface area contributed by atoms with Crippen molar-refractivity contribution in [1.82, 2.24) is 4.90 Å². The van der Waals surface area contributed by atoms with E-state index in [9.17, 15) is 9.59 Å². The lowest BCUT2D eigenvalue weighted by atomic mass is 10.0. The van der Waals surface area contributed by atoms with Crippen LogP contribution in [0, 0.1) is 0 Å². The van der Waals surface area contributed by atoms with Crippen LogP contribution in [0.25, 0.3) is 0 Å². The second kappa shape index (κ2) is 7.59. The molecular weight excluding hydrogens is 334 g/mol. The summed E-state index contributed by atoms with van der Waals surface area (Å²) < 4.78 is 0.992. The zero-order chi connectivity index (χ0) is 16.0. The predicted octanol–water partition coefficient (Wildman–Crippen LogP) is 3.48. The Morgan fingerprint density at radius 2 is 1.90 bits per heavy atom. The summed E-state index contributed by atoms with van der Waals surface area (Å²) in [6, 6.07) is 7.86. The fourth-order valence-electron chi connectivity index (χ4n) is 2.12. The normalized spacial score (nSPS) is 11.2. The van der Waals surface area contributed by atoms with Gasteiger partial charge in [-0.05, 0) is 44.9 Å². The van der Waals surface area contributed by atoms with Gasteiger partial charge in [-0.25, -0.2) is 0 Å². The molecule has 0 radical (unpaired) electrons. The molecule has 0 fully saturated rings. The van der Waals surface area contributed by atoms with E-state index in [0.29, 0.717) is 12.8 Å². The first-order chi connectivity index (χ1) is 9.70. The van der Waals surface area contributed by atoms with E-state index in [1.807, 2.05) is 45.0 Å². The number of carbonyl (C=O) groups is 2. The third kappa shape index (κ3) is 6.29. The van der Waals surface area contributed by atoms with Crippen LogP contribution in [0.15, 0.2) is 28.7 Å². The van der Waals surface area contributed by atoms with Crippen molar-refractivity contribution in [3.8, 4) is 0 Å².